The van der Waals surface area contributed by atoms with Crippen LogP contribution < -0.4 is 15.4 Å². The predicted molar refractivity (Wildman–Crippen MR) is 106 cm³/mol. The fraction of sp³-hybridized carbons (Fsp3) is 0.650. The van der Waals surface area contributed by atoms with Gasteiger partial charge in [-0.25, -0.2) is 0 Å². The predicted octanol–water partition coefficient (Wildman–Crippen LogP) is 2.62. The number of likely N-dealkylation sites (N-methyl/N-ethyl adjacent to an activating group) is 1. The Hall–Kier alpha value is -1.75. The van der Waals surface area contributed by atoms with Crippen molar-refractivity contribution in [2.75, 3.05) is 40.3 Å². The molecule has 2 N–H and O–H groups in total. The molecule has 25 heavy (non-hydrogen) atoms. The molecule has 140 valence electrons. The molecule has 1 fully saturated rings. The molecule has 1 saturated heterocycles. The summed E-state index contributed by atoms with van der Waals surface area (Å²) < 4.78 is 5.35. The summed E-state index contributed by atoms with van der Waals surface area (Å²) in [5.41, 5.74) is 1.23. The van der Waals surface area contributed by atoms with Gasteiger partial charge in [-0.05, 0) is 43.6 Å². The van der Waals surface area contributed by atoms with Crippen LogP contribution in [0.5, 0.6) is 5.75 Å². The van der Waals surface area contributed by atoms with E-state index in [4.69, 9.17) is 4.74 Å². The van der Waals surface area contributed by atoms with E-state index in [1.54, 1.807) is 7.11 Å². The highest BCUT2D eigenvalue weighted by atomic mass is 16.5. The van der Waals surface area contributed by atoms with E-state index in [9.17, 15) is 0 Å². The number of ether oxygens (including phenoxy) is 1. The Kier molecular flexibility index (Phi) is 7.12. The second kappa shape index (κ2) is 9.09. The topological polar surface area (TPSA) is 48.9 Å². The first-order valence-electron chi connectivity index (χ1n) is 9.33. The van der Waals surface area contributed by atoms with E-state index in [1.165, 1.54) is 24.9 Å². The molecule has 0 aromatic heterocycles. The maximum Gasteiger partial charge on any atom is 0.191 e. The van der Waals surface area contributed by atoms with Crippen molar-refractivity contribution < 1.29 is 4.74 Å². The highest BCUT2D eigenvalue weighted by molar-refractivity contribution is 5.79. The average Bonchev–Trinajstić information content (AvgIpc) is 3.09. The number of hydrogen-bond acceptors (Lipinski definition) is 3. The first kappa shape index (κ1) is 19.6. The van der Waals surface area contributed by atoms with Crippen LogP contribution in [-0.2, 0) is 5.41 Å². The summed E-state index contributed by atoms with van der Waals surface area (Å²) in [6.45, 7) is 10.8. The summed E-state index contributed by atoms with van der Waals surface area (Å²) in [6, 6.07) is 8.90. The van der Waals surface area contributed by atoms with Gasteiger partial charge in [0, 0.05) is 31.6 Å². The number of nitrogens with zero attached hydrogens (tertiary/aromatic N) is 2. The van der Waals surface area contributed by atoms with Crippen LogP contribution in [0.3, 0.4) is 0 Å². The van der Waals surface area contributed by atoms with Crippen LogP contribution in [0.15, 0.2) is 29.3 Å². The summed E-state index contributed by atoms with van der Waals surface area (Å²) in [7, 11) is 3.54. The van der Waals surface area contributed by atoms with Crippen molar-refractivity contribution in [1.82, 2.24) is 15.5 Å². The van der Waals surface area contributed by atoms with E-state index in [-0.39, 0.29) is 5.41 Å². The fourth-order valence-corrected chi connectivity index (χ4v) is 3.43. The first-order valence-corrected chi connectivity index (χ1v) is 9.33. The molecule has 1 aromatic carbocycles. The Morgan fingerprint density at radius 3 is 2.84 bits per heavy atom. The molecule has 0 spiro atoms. The van der Waals surface area contributed by atoms with Gasteiger partial charge in [0.1, 0.15) is 5.75 Å². The van der Waals surface area contributed by atoms with Crippen molar-refractivity contribution in [1.29, 1.82) is 0 Å². The van der Waals surface area contributed by atoms with Gasteiger partial charge in [0.2, 0.25) is 0 Å². The SMILES string of the molecule is CCN1CCCC1CNC(=NC)NCC(C)(C)c1cccc(OC)c1. The minimum absolute atomic E-state index is 0.0189. The zero-order valence-corrected chi connectivity index (χ0v) is 16.4. The highest BCUT2D eigenvalue weighted by Gasteiger charge is 2.24. The van der Waals surface area contributed by atoms with E-state index in [0.29, 0.717) is 6.04 Å². The minimum atomic E-state index is -0.0189. The smallest absolute Gasteiger partial charge is 0.191 e. The van der Waals surface area contributed by atoms with Crippen molar-refractivity contribution in [3.05, 3.63) is 29.8 Å². The zero-order chi connectivity index (χ0) is 18.3. The standard InChI is InChI=1S/C20H34N4O/c1-6-24-12-8-10-17(24)14-22-19(21-4)23-15-20(2,3)16-9-7-11-18(13-16)25-5/h7,9,11,13,17H,6,8,10,12,14-15H2,1-5H3,(H2,21,22,23). The number of likely N-dealkylation sites (tertiary alicyclic amines) is 1. The van der Waals surface area contributed by atoms with Crippen LogP contribution in [0.4, 0.5) is 0 Å². The second-order valence-corrected chi connectivity index (χ2v) is 7.35. The molecule has 0 aliphatic carbocycles. The third-order valence-electron chi connectivity index (χ3n) is 5.18. The molecule has 1 aromatic rings. The zero-order valence-electron chi connectivity index (χ0n) is 16.4. The van der Waals surface area contributed by atoms with E-state index in [0.717, 1.165) is 31.3 Å². The van der Waals surface area contributed by atoms with Gasteiger partial charge in [0.15, 0.2) is 5.96 Å². The molecule has 2 rings (SSSR count). The number of rotatable bonds is 7. The van der Waals surface area contributed by atoms with Crippen LogP contribution in [-0.4, -0.2) is 57.2 Å². The molecule has 0 saturated carbocycles. The maximum absolute atomic E-state index is 5.35. The monoisotopic (exact) mass is 346 g/mol. The lowest BCUT2D eigenvalue weighted by Crippen LogP contribution is -2.47. The highest BCUT2D eigenvalue weighted by Crippen LogP contribution is 2.25. The molecule has 1 aliphatic rings. The van der Waals surface area contributed by atoms with Gasteiger partial charge in [-0.1, -0.05) is 32.9 Å². The largest absolute Gasteiger partial charge is 0.497 e. The molecule has 5 heteroatoms. The molecule has 1 unspecified atom stereocenters. The number of guanidine groups is 1. The quantitative estimate of drug-likeness (QED) is 0.589. The molecule has 1 aliphatic heterocycles. The number of methoxy groups -OCH3 is 1. The lowest BCUT2D eigenvalue weighted by atomic mass is 9.84. The normalized spacial score (nSPS) is 19.1. The van der Waals surface area contributed by atoms with Gasteiger partial charge in [-0.2, -0.15) is 0 Å². The summed E-state index contributed by atoms with van der Waals surface area (Å²) in [4.78, 5) is 6.92. The van der Waals surface area contributed by atoms with Crippen molar-refractivity contribution in [3.8, 4) is 5.75 Å². The Labute approximate surface area is 152 Å². The Bertz CT molecular complexity index is 571. The van der Waals surface area contributed by atoms with Gasteiger partial charge >= 0.3 is 0 Å². The molecule has 0 radical (unpaired) electrons. The van der Waals surface area contributed by atoms with E-state index >= 15 is 0 Å². The molecule has 5 nitrogen and oxygen atoms in total. The van der Waals surface area contributed by atoms with Crippen molar-refractivity contribution in [3.63, 3.8) is 0 Å². The lowest BCUT2D eigenvalue weighted by molar-refractivity contribution is 0.267. The van der Waals surface area contributed by atoms with Crippen molar-refractivity contribution in [2.24, 2.45) is 4.99 Å². The minimum Gasteiger partial charge on any atom is -0.497 e. The summed E-state index contributed by atoms with van der Waals surface area (Å²) >= 11 is 0. The van der Waals surface area contributed by atoms with Crippen LogP contribution in [0.1, 0.15) is 39.2 Å². The third kappa shape index (κ3) is 5.36. The number of nitrogens with one attached hydrogen (secondary N) is 2. The summed E-state index contributed by atoms with van der Waals surface area (Å²) in [6.07, 6.45) is 2.57. The Morgan fingerprint density at radius 1 is 1.36 bits per heavy atom. The van der Waals surface area contributed by atoms with Crippen LogP contribution >= 0.6 is 0 Å². The fourth-order valence-electron chi connectivity index (χ4n) is 3.43. The molecule has 1 atom stereocenters. The van der Waals surface area contributed by atoms with Crippen LogP contribution in [0.25, 0.3) is 0 Å². The van der Waals surface area contributed by atoms with Crippen molar-refractivity contribution in [2.45, 2.75) is 45.1 Å². The first-order chi connectivity index (χ1) is 12.0. The van der Waals surface area contributed by atoms with Gasteiger partial charge < -0.3 is 15.4 Å². The number of aliphatic imine (C=N–C) groups is 1. The van der Waals surface area contributed by atoms with Gasteiger partial charge in [-0.3, -0.25) is 9.89 Å². The molecular weight excluding hydrogens is 312 g/mol. The molecule has 1 heterocycles. The molecule has 0 bridgehead atoms. The Morgan fingerprint density at radius 2 is 2.16 bits per heavy atom. The van der Waals surface area contributed by atoms with Gasteiger partial charge in [0.05, 0.1) is 7.11 Å². The number of hydrogen-bond donors (Lipinski definition) is 2. The Balaban J connectivity index is 1.88. The third-order valence-corrected chi connectivity index (χ3v) is 5.18. The second-order valence-electron chi connectivity index (χ2n) is 7.35. The van der Waals surface area contributed by atoms with Crippen molar-refractivity contribution >= 4 is 5.96 Å². The van der Waals surface area contributed by atoms with E-state index in [1.807, 2.05) is 19.2 Å². The van der Waals surface area contributed by atoms with Crippen LogP contribution in [0, 0.1) is 0 Å². The summed E-state index contributed by atoms with van der Waals surface area (Å²) in [5.74, 6) is 1.77. The average molecular weight is 347 g/mol. The number of benzene rings is 1. The summed E-state index contributed by atoms with van der Waals surface area (Å²) in [5, 5.41) is 6.98. The molecule has 0 amide bonds. The maximum atomic E-state index is 5.35. The molecular formula is C20H34N4O. The van der Waals surface area contributed by atoms with Gasteiger partial charge in [0.25, 0.3) is 0 Å². The van der Waals surface area contributed by atoms with Gasteiger partial charge in [-0.15, -0.1) is 0 Å². The van der Waals surface area contributed by atoms with Crippen LogP contribution in [0.2, 0.25) is 0 Å². The van der Waals surface area contributed by atoms with E-state index < -0.39 is 0 Å². The van der Waals surface area contributed by atoms with E-state index in [2.05, 4.69) is 53.4 Å². The lowest BCUT2D eigenvalue weighted by Gasteiger charge is -2.28.